The summed E-state index contributed by atoms with van der Waals surface area (Å²) in [5.41, 5.74) is 6.73. The van der Waals surface area contributed by atoms with Crippen molar-refractivity contribution in [2.75, 3.05) is 19.7 Å². The summed E-state index contributed by atoms with van der Waals surface area (Å²) in [6, 6.07) is 0.529. The van der Waals surface area contributed by atoms with Gasteiger partial charge in [0.2, 0.25) is 0 Å². The summed E-state index contributed by atoms with van der Waals surface area (Å²) in [6.07, 6.45) is 2.35. The quantitative estimate of drug-likeness (QED) is 0.883. The maximum Gasteiger partial charge on any atom is 0.0941 e. The molecular weight excluding hydrogens is 246 g/mol. The van der Waals surface area contributed by atoms with Crippen LogP contribution in [0.4, 0.5) is 0 Å². The fourth-order valence-corrected chi connectivity index (χ4v) is 3.16. The van der Waals surface area contributed by atoms with Crippen molar-refractivity contribution in [3.05, 3.63) is 16.1 Å². The van der Waals surface area contributed by atoms with Crippen molar-refractivity contribution >= 4 is 11.3 Å². The molecule has 2 atom stereocenters. The molecule has 2 unspecified atom stereocenters. The van der Waals surface area contributed by atoms with Crippen molar-refractivity contribution < 1.29 is 4.74 Å². The Morgan fingerprint density at radius 3 is 3.17 bits per heavy atom. The van der Waals surface area contributed by atoms with Crippen molar-refractivity contribution in [2.24, 2.45) is 5.73 Å². The van der Waals surface area contributed by atoms with E-state index in [1.807, 2.05) is 0 Å². The molecule has 1 saturated heterocycles. The number of thiazole rings is 1. The molecule has 0 aromatic carbocycles. The van der Waals surface area contributed by atoms with Gasteiger partial charge in [-0.2, -0.15) is 0 Å². The van der Waals surface area contributed by atoms with E-state index in [0.29, 0.717) is 18.7 Å². The molecule has 4 nitrogen and oxygen atoms in total. The van der Waals surface area contributed by atoms with Gasteiger partial charge in [0.05, 0.1) is 23.4 Å². The van der Waals surface area contributed by atoms with Gasteiger partial charge in [-0.25, -0.2) is 4.98 Å². The number of nitrogens with zero attached hydrogens (tertiary/aromatic N) is 2. The van der Waals surface area contributed by atoms with E-state index in [4.69, 9.17) is 10.5 Å². The molecule has 5 heteroatoms. The van der Waals surface area contributed by atoms with Crippen LogP contribution in [0, 0.1) is 0 Å². The van der Waals surface area contributed by atoms with E-state index in [1.54, 1.807) is 11.3 Å². The maximum absolute atomic E-state index is 5.72. The van der Waals surface area contributed by atoms with E-state index in [2.05, 4.69) is 29.1 Å². The van der Waals surface area contributed by atoms with E-state index >= 15 is 0 Å². The molecule has 1 aliphatic heterocycles. The largest absolute Gasteiger partial charge is 0.376 e. The van der Waals surface area contributed by atoms with Crippen LogP contribution < -0.4 is 5.73 Å². The van der Waals surface area contributed by atoms with Gasteiger partial charge in [-0.15, -0.1) is 11.3 Å². The van der Waals surface area contributed by atoms with E-state index in [-0.39, 0.29) is 0 Å². The number of rotatable bonds is 5. The van der Waals surface area contributed by atoms with Crippen LogP contribution in [0.15, 0.2) is 5.38 Å². The average Bonchev–Trinajstić information content (AvgIpc) is 2.77. The summed E-state index contributed by atoms with van der Waals surface area (Å²) in [7, 11) is 0. The van der Waals surface area contributed by atoms with Gasteiger partial charge in [0.1, 0.15) is 0 Å². The third-order valence-corrected chi connectivity index (χ3v) is 4.33. The molecule has 0 amide bonds. The lowest BCUT2D eigenvalue weighted by atomic mass is 10.1. The zero-order valence-electron chi connectivity index (χ0n) is 11.3. The molecule has 102 valence electrons. The predicted octanol–water partition coefficient (Wildman–Crippen LogP) is 1.64. The summed E-state index contributed by atoms with van der Waals surface area (Å²) in [4.78, 5) is 7.14. The first-order chi connectivity index (χ1) is 8.72. The van der Waals surface area contributed by atoms with Crippen LogP contribution in [-0.4, -0.2) is 41.7 Å². The minimum atomic E-state index is 0.329. The van der Waals surface area contributed by atoms with Crippen LogP contribution in [0.2, 0.25) is 0 Å². The van der Waals surface area contributed by atoms with Crippen molar-refractivity contribution in [1.82, 2.24) is 9.88 Å². The van der Waals surface area contributed by atoms with Gasteiger partial charge in [-0.05, 0) is 19.9 Å². The molecule has 2 rings (SSSR count). The van der Waals surface area contributed by atoms with Crippen LogP contribution in [-0.2, 0) is 17.7 Å². The SMILES string of the molecule is CCC1COC(C)CN1Cc1csc(CCN)n1. The zero-order valence-corrected chi connectivity index (χ0v) is 12.1. The van der Waals surface area contributed by atoms with Gasteiger partial charge in [0, 0.05) is 30.9 Å². The van der Waals surface area contributed by atoms with Crippen molar-refractivity contribution in [3.8, 4) is 0 Å². The van der Waals surface area contributed by atoms with Gasteiger partial charge in [-0.3, -0.25) is 4.90 Å². The normalized spacial score (nSPS) is 25.5. The Kier molecular flexibility index (Phi) is 5.12. The minimum Gasteiger partial charge on any atom is -0.376 e. The highest BCUT2D eigenvalue weighted by Gasteiger charge is 2.25. The highest BCUT2D eigenvalue weighted by molar-refractivity contribution is 7.09. The van der Waals surface area contributed by atoms with Crippen LogP contribution >= 0.6 is 11.3 Å². The molecule has 0 radical (unpaired) electrons. The molecule has 1 aromatic heterocycles. The number of hydrogen-bond donors (Lipinski definition) is 1. The fourth-order valence-electron chi connectivity index (χ4n) is 2.35. The third kappa shape index (κ3) is 3.51. The number of ether oxygens (including phenoxy) is 1. The monoisotopic (exact) mass is 269 g/mol. The van der Waals surface area contributed by atoms with Gasteiger partial charge < -0.3 is 10.5 Å². The molecule has 0 spiro atoms. The van der Waals surface area contributed by atoms with Gasteiger partial charge in [-0.1, -0.05) is 6.92 Å². The maximum atomic E-state index is 5.72. The highest BCUT2D eigenvalue weighted by Crippen LogP contribution is 2.19. The summed E-state index contributed by atoms with van der Waals surface area (Å²) in [5, 5.41) is 3.32. The van der Waals surface area contributed by atoms with E-state index < -0.39 is 0 Å². The van der Waals surface area contributed by atoms with E-state index in [9.17, 15) is 0 Å². The number of hydrogen-bond acceptors (Lipinski definition) is 5. The molecule has 18 heavy (non-hydrogen) atoms. The first-order valence-electron chi connectivity index (χ1n) is 6.72. The van der Waals surface area contributed by atoms with Crippen LogP contribution in [0.25, 0.3) is 0 Å². The van der Waals surface area contributed by atoms with Crippen molar-refractivity contribution in [1.29, 1.82) is 0 Å². The topological polar surface area (TPSA) is 51.4 Å². The Labute approximate surface area is 113 Å². The molecular formula is C13H23N3OS. The average molecular weight is 269 g/mol. The number of aromatic nitrogens is 1. The second-order valence-electron chi connectivity index (χ2n) is 4.91. The highest BCUT2D eigenvalue weighted by atomic mass is 32.1. The second kappa shape index (κ2) is 6.61. The lowest BCUT2D eigenvalue weighted by Crippen LogP contribution is -2.47. The molecule has 0 bridgehead atoms. The van der Waals surface area contributed by atoms with Crippen molar-refractivity contribution in [2.45, 2.75) is 45.4 Å². The second-order valence-corrected chi connectivity index (χ2v) is 5.85. The van der Waals surface area contributed by atoms with Crippen LogP contribution in [0.1, 0.15) is 31.0 Å². The molecule has 2 N–H and O–H groups in total. The Hall–Kier alpha value is -0.490. The summed E-state index contributed by atoms with van der Waals surface area (Å²) >= 11 is 1.72. The lowest BCUT2D eigenvalue weighted by Gasteiger charge is -2.37. The number of nitrogens with two attached hydrogens (primary N) is 1. The fraction of sp³-hybridized carbons (Fsp3) is 0.769. The smallest absolute Gasteiger partial charge is 0.0941 e. The summed E-state index contributed by atoms with van der Waals surface area (Å²) in [5.74, 6) is 0. The Morgan fingerprint density at radius 1 is 1.61 bits per heavy atom. The first-order valence-corrected chi connectivity index (χ1v) is 7.59. The molecule has 2 heterocycles. The summed E-state index contributed by atoms with van der Waals surface area (Å²) < 4.78 is 5.72. The number of morpholine rings is 1. The van der Waals surface area contributed by atoms with E-state index in [0.717, 1.165) is 37.5 Å². The zero-order chi connectivity index (χ0) is 13.0. The molecule has 0 saturated carbocycles. The van der Waals surface area contributed by atoms with Gasteiger partial charge in [0.25, 0.3) is 0 Å². The Bertz CT molecular complexity index is 369. The molecule has 1 fully saturated rings. The van der Waals surface area contributed by atoms with Crippen LogP contribution in [0.5, 0.6) is 0 Å². The predicted molar refractivity (Wildman–Crippen MR) is 74.8 cm³/mol. The first kappa shape index (κ1) is 13.9. The lowest BCUT2D eigenvalue weighted by molar-refractivity contribution is -0.0595. The summed E-state index contributed by atoms with van der Waals surface area (Å²) in [6.45, 7) is 7.82. The van der Waals surface area contributed by atoms with Crippen molar-refractivity contribution in [3.63, 3.8) is 0 Å². The minimum absolute atomic E-state index is 0.329. The van der Waals surface area contributed by atoms with Crippen LogP contribution in [0.3, 0.4) is 0 Å². The standard InChI is InChI=1S/C13H23N3OS/c1-3-12-8-17-10(2)6-16(12)7-11-9-18-13(15-11)4-5-14/h9-10,12H,3-8,14H2,1-2H3. The Morgan fingerprint density at radius 2 is 2.44 bits per heavy atom. The molecule has 1 aromatic rings. The van der Waals surface area contributed by atoms with Gasteiger partial charge in [0.15, 0.2) is 0 Å². The Balaban J connectivity index is 1.96. The third-order valence-electron chi connectivity index (χ3n) is 3.37. The van der Waals surface area contributed by atoms with Gasteiger partial charge >= 0.3 is 0 Å². The molecule has 1 aliphatic rings. The molecule has 0 aliphatic carbocycles. The van der Waals surface area contributed by atoms with E-state index in [1.165, 1.54) is 5.69 Å².